The summed E-state index contributed by atoms with van der Waals surface area (Å²) in [4.78, 5) is 26.0. The van der Waals surface area contributed by atoms with Crippen molar-refractivity contribution in [2.75, 3.05) is 20.1 Å². The summed E-state index contributed by atoms with van der Waals surface area (Å²) in [5, 5.41) is 14.0. The highest BCUT2D eigenvalue weighted by molar-refractivity contribution is 7.09. The van der Waals surface area contributed by atoms with E-state index in [4.69, 9.17) is 5.11 Å². The molecule has 2 rings (SSSR count). The van der Waals surface area contributed by atoms with Gasteiger partial charge in [-0.1, -0.05) is 12.5 Å². The second-order valence-electron chi connectivity index (χ2n) is 5.57. The molecule has 1 aromatic heterocycles. The number of amides is 2. The van der Waals surface area contributed by atoms with Gasteiger partial charge in [-0.3, -0.25) is 4.79 Å². The summed E-state index contributed by atoms with van der Waals surface area (Å²) in [7, 11) is 1.77. The van der Waals surface area contributed by atoms with Crippen LogP contribution in [-0.4, -0.2) is 42.1 Å². The van der Waals surface area contributed by atoms with E-state index in [-0.39, 0.29) is 17.9 Å². The molecule has 1 fully saturated rings. The Kier molecular flexibility index (Phi) is 5.61. The van der Waals surface area contributed by atoms with Crippen molar-refractivity contribution in [3.8, 4) is 0 Å². The zero-order valence-corrected chi connectivity index (χ0v) is 13.1. The van der Waals surface area contributed by atoms with E-state index in [1.807, 2.05) is 11.4 Å². The monoisotopic (exact) mass is 310 g/mol. The van der Waals surface area contributed by atoms with Gasteiger partial charge in [-0.05, 0) is 36.6 Å². The van der Waals surface area contributed by atoms with Crippen LogP contribution in [0.2, 0.25) is 0 Å². The standard InChI is InChI=1S/C15H22N2O3S/c1-17(8-7-12-5-3-9-21-12)15(20)16-10-11-4-2-6-13(11)14(18)19/h3,5,9,11,13H,2,4,6-8,10H2,1H3,(H,16,20)(H,18,19). The lowest BCUT2D eigenvalue weighted by atomic mass is 9.96. The van der Waals surface area contributed by atoms with Crippen LogP contribution in [0.15, 0.2) is 17.5 Å². The van der Waals surface area contributed by atoms with Gasteiger partial charge in [0.25, 0.3) is 0 Å². The lowest BCUT2D eigenvalue weighted by Gasteiger charge is -2.21. The van der Waals surface area contributed by atoms with Gasteiger partial charge in [-0.2, -0.15) is 0 Å². The summed E-state index contributed by atoms with van der Waals surface area (Å²) in [6.45, 7) is 1.12. The number of carbonyl (C=O) groups excluding carboxylic acids is 1. The number of nitrogens with zero attached hydrogens (tertiary/aromatic N) is 1. The summed E-state index contributed by atoms with van der Waals surface area (Å²) < 4.78 is 0. The molecular formula is C15H22N2O3S. The zero-order chi connectivity index (χ0) is 15.2. The number of likely N-dealkylation sites (N-methyl/N-ethyl adjacent to an activating group) is 1. The second-order valence-corrected chi connectivity index (χ2v) is 6.60. The average Bonchev–Trinajstić information content (AvgIpc) is 3.12. The Bertz CT molecular complexity index is 475. The number of hydrogen-bond acceptors (Lipinski definition) is 3. The van der Waals surface area contributed by atoms with Gasteiger partial charge in [0.1, 0.15) is 0 Å². The molecule has 0 bridgehead atoms. The first-order valence-corrected chi connectivity index (χ1v) is 8.20. The Hall–Kier alpha value is -1.56. The normalized spacial score (nSPS) is 21.2. The minimum Gasteiger partial charge on any atom is -0.481 e. The van der Waals surface area contributed by atoms with Crippen LogP contribution in [0.5, 0.6) is 0 Å². The molecule has 2 unspecified atom stereocenters. The number of aliphatic carboxylic acids is 1. The smallest absolute Gasteiger partial charge is 0.317 e. The molecule has 1 aromatic rings. The molecule has 0 aromatic carbocycles. The Morgan fingerprint density at radius 2 is 2.29 bits per heavy atom. The molecule has 21 heavy (non-hydrogen) atoms. The van der Waals surface area contributed by atoms with Crippen LogP contribution < -0.4 is 5.32 Å². The molecule has 0 spiro atoms. The third kappa shape index (κ3) is 4.46. The first-order valence-electron chi connectivity index (χ1n) is 7.32. The van der Waals surface area contributed by atoms with Crippen molar-refractivity contribution in [1.82, 2.24) is 10.2 Å². The molecule has 1 saturated carbocycles. The van der Waals surface area contributed by atoms with Crippen LogP contribution >= 0.6 is 11.3 Å². The van der Waals surface area contributed by atoms with E-state index < -0.39 is 5.97 Å². The van der Waals surface area contributed by atoms with E-state index in [1.165, 1.54) is 4.88 Å². The maximum Gasteiger partial charge on any atom is 0.317 e. The first kappa shape index (κ1) is 15.8. The van der Waals surface area contributed by atoms with Crippen molar-refractivity contribution < 1.29 is 14.7 Å². The number of hydrogen-bond donors (Lipinski definition) is 2. The zero-order valence-electron chi connectivity index (χ0n) is 12.2. The molecule has 0 aliphatic heterocycles. The van der Waals surface area contributed by atoms with Crippen LogP contribution in [0.4, 0.5) is 4.79 Å². The molecule has 0 radical (unpaired) electrons. The summed E-state index contributed by atoms with van der Waals surface area (Å²) >= 11 is 1.69. The SMILES string of the molecule is CN(CCc1cccs1)C(=O)NCC1CCCC1C(=O)O. The largest absolute Gasteiger partial charge is 0.481 e. The number of carboxylic acids is 1. The molecule has 0 saturated heterocycles. The summed E-state index contributed by atoms with van der Waals surface area (Å²) in [6, 6.07) is 3.95. The maximum absolute atomic E-state index is 12.0. The first-order chi connectivity index (χ1) is 10.1. The summed E-state index contributed by atoms with van der Waals surface area (Å²) in [5.74, 6) is -0.975. The van der Waals surface area contributed by atoms with Gasteiger partial charge in [0, 0.05) is 25.0 Å². The van der Waals surface area contributed by atoms with Crippen molar-refractivity contribution in [3.05, 3.63) is 22.4 Å². The van der Waals surface area contributed by atoms with E-state index in [0.717, 1.165) is 25.7 Å². The van der Waals surface area contributed by atoms with Gasteiger partial charge < -0.3 is 15.3 Å². The van der Waals surface area contributed by atoms with Crippen LogP contribution in [0.3, 0.4) is 0 Å². The number of rotatable bonds is 6. The van der Waals surface area contributed by atoms with Crippen LogP contribution in [0.1, 0.15) is 24.1 Å². The number of thiophene rings is 1. The summed E-state index contributed by atoms with van der Waals surface area (Å²) in [5.41, 5.74) is 0. The van der Waals surface area contributed by atoms with Gasteiger partial charge in [0.2, 0.25) is 0 Å². The maximum atomic E-state index is 12.0. The van der Waals surface area contributed by atoms with Gasteiger partial charge in [-0.15, -0.1) is 11.3 Å². The lowest BCUT2D eigenvalue weighted by Crippen LogP contribution is -2.41. The molecule has 116 valence electrons. The fourth-order valence-electron chi connectivity index (χ4n) is 2.79. The number of carbonyl (C=O) groups is 2. The topological polar surface area (TPSA) is 69.6 Å². The highest BCUT2D eigenvalue weighted by Gasteiger charge is 2.32. The molecule has 2 amide bonds. The van der Waals surface area contributed by atoms with E-state index in [1.54, 1.807) is 23.3 Å². The van der Waals surface area contributed by atoms with Gasteiger partial charge >= 0.3 is 12.0 Å². The molecule has 2 atom stereocenters. The van der Waals surface area contributed by atoms with Crippen molar-refractivity contribution in [2.45, 2.75) is 25.7 Å². The molecule has 6 heteroatoms. The summed E-state index contributed by atoms with van der Waals surface area (Å²) in [6.07, 6.45) is 3.40. The van der Waals surface area contributed by atoms with Crippen LogP contribution in [0.25, 0.3) is 0 Å². The van der Waals surface area contributed by atoms with Crippen molar-refractivity contribution in [2.24, 2.45) is 11.8 Å². The van der Waals surface area contributed by atoms with Gasteiger partial charge in [0.15, 0.2) is 0 Å². The van der Waals surface area contributed by atoms with E-state index >= 15 is 0 Å². The number of urea groups is 1. The van der Waals surface area contributed by atoms with Crippen molar-refractivity contribution in [3.63, 3.8) is 0 Å². The number of carboxylic acid groups (broad SMARTS) is 1. The Balaban J connectivity index is 1.72. The van der Waals surface area contributed by atoms with E-state index in [2.05, 4.69) is 11.4 Å². The fourth-order valence-corrected chi connectivity index (χ4v) is 3.49. The number of nitrogens with one attached hydrogen (secondary N) is 1. The van der Waals surface area contributed by atoms with E-state index in [0.29, 0.717) is 13.1 Å². The Labute approximate surface area is 129 Å². The second kappa shape index (κ2) is 7.45. The third-order valence-corrected chi connectivity index (χ3v) is 5.05. The van der Waals surface area contributed by atoms with E-state index in [9.17, 15) is 9.59 Å². The molecule has 2 N–H and O–H groups in total. The fraction of sp³-hybridized carbons (Fsp3) is 0.600. The van der Waals surface area contributed by atoms with Gasteiger partial charge in [-0.25, -0.2) is 4.79 Å². The van der Waals surface area contributed by atoms with Crippen LogP contribution in [-0.2, 0) is 11.2 Å². The van der Waals surface area contributed by atoms with Crippen molar-refractivity contribution >= 4 is 23.3 Å². The van der Waals surface area contributed by atoms with Gasteiger partial charge in [0.05, 0.1) is 5.92 Å². The lowest BCUT2D eigenvalue weighted by molar-refractivity contribution is -0.142. The quantitative estimate of drug-likeness (QED) is 0.848. The predicted octanol–water partition coefficient (Wildman–Crippen LogP) is 2.43. The van der Waals surface area contributed by atoms with Crippen LogP contribution in [0, 0.1) is 11.8 Å². The molecule has 1 heterocycles. The third-order valence-electron chi connectivity index (χ3n) is 4.11. The molecule has 1 aliphatic carbocycles. The molecular weight excluding hydrogens is 288 g/mol. The highest BCUT2D eigenvalue weighted by atomic mass is 32.1. The molecule has 1 aliphatic rings. The Morgan fingerprint density at radius 1 is 1.48 bits per heavy atom. The predicted molar refractivity (Wildman–Crippen MR) is 82.5 cm³/mol. The van der Waals surface area contributed by atoms with Crippen molar-refractivity contribution in [1.29, 1.82) is 0 Å². The minimum absolute atomic E-state index is 0.0668. The minimum atomic E-state index is -0.738. The molecule has 5 nitrogen and oxygen atoms in total. The average molecular weight is 310 g/mol. The highest BCUT2D eigenvalue weighted by Crippen LogP contribution is 2.31. The Morgan fingerprint density at radius 3 is 2.95 bits per heavy atom.